The third kappa shape index (κ3) is 2.34. The van der Waals surface area contributed by atoms with Gasteiger partial charge < -0.3 is 0 Å². The van der Waals surface area contributed by atoms with E-state index in [4.69, 9.17) is 0 Å². The molecule has 1 aromatic carbocycles. The summed E-state index contributed by atoms with van der Waals surface area (Å²) in [4.78, 5) is 16.3. The number of hydrogen-bond acceptors (Lipinski definition) is 2. The summed E-state index contributed by atoms with van der Waals surface area (Å²) in [6, 6.07) is 10.8. The smallest absolute Gasteiger partial charge is 0.264 e. The Bertz CT molecular complexity index is 546. The highest BCUT2D eigenvalue weighted by Gasteiger charge is 2.21. The van der Waals surface area contributed by atoms with Crippen LogP contribution in [0.1, 0.15) is 0 Å². The first-order valence-electron chi connectivity index (χ1n) is 5.28. The number of benzene rings is 1. The number of alkyl halides is 1. The molecule has 0 radical (unpaired) electrons. The van der Waals surface area contributed by atoms with Gasteiger partial charge in [0, 0.05) is 6.20 Å². The molecule has 0 saturated carbocycles. The van der Waals surface area contributed by atoms with Crippen molar-refractivity contribution < 1.29 is 13.6 Å². The van der Waals surface area contributed by atoms with Crippen LogP contribution in [0.5, 0.6) is 0 Å². The number of carbonyl (C=O) groups excluding carboxylic acids is 1. The zero-order valence-electron chi connectivity index (χ0n) is 9.38. The van der Waals surface area contributed by atoms with Crippen LogP contribution in [0.3, 0.4) is 0 Å². The molecule has 1 aromatic heterocycles. The second kappa shape index (κ2) is 5.35. The Balaban J connectivity index is 2.51. The molecule has 0 atom stereocenters. The molecule has 0 aliphatic heterocycles. The van der Waals surface area contributed by atoms with Crippen LogP contribution < -0.4 is 4.90 Å². The first-order chi connectivity index (χ1) is 8.74. The summed E-state index contributed by atoms with van der Waals surface area (Å²) in [6.07, 6.45) is 1.35. The van der Waals surface area contributed by atoms with Gasteiger partial charge in [0.15, 0.2) is 18.3 Å². The highest BCUT2D eigenvalue weighted by molar-refractivity contribution is 6.00. The van der Waals surface area contributed by atoms with Gasteiger partial charge in [-0.3, -0.25) is 9.69 Å². The van der Waals surface area contributed by atoms with Gasteiger partial charge in [-0.1, -0.05) is 18.2 Å². The maximum Gasteiger partial charge on any atom is 0.264 e. The molecule has 3 nitrogen and oxygen atoms in total. The van der Waals surface area contributed by atoms with E-state index < -0.39 is 18.4 Å². The van der Waals surface area contributed by atoms with Crippen molar-refractivity contribution in [3.8, 4) is 0 Å². The highest BCUT2D eigenvalue weighted by atomic mass is 19.1. The van der Waals surface area contributed by atoms with Crippen LogP contribution in [-0.4, -0.2) is 17.6 Å². The molecule has 0 fully saturated rings. The van der Waals surface area contributed by atoms with Crippen molar-refractivity contribution >= 4 is 17.4 Å². The minimum absolute atomic E-state index is 0.202. The van der Waals surface area contributed by atoms with Crippen LogP contribution in [0.4, 0.5) is 20.3 Å². The van der Waals surface area contributed by atoms with Crippen molar-refractivity contribution in [3.05, 3.63) is 54.5 Å². The molecule has 1 amide bonds. The number of aromatic nitrogens is 1. The lowest BCUT2D eigenvalue weighted by Crippen LogP contribution is -2.28. The first kappa shape index (κ1) is 12.2. The molecule has 1 heterocycles. The zero-order valence-corrected chi connectivity index (χ0v) is 9.38. The van der Waals surface area contributed by atoms with Gasteiger partial charge in [0.1, 0.15) is 0 Å². The molecule has 0 saturated heterocycles. The van der Waals surface area contributed by atoms with E-state index in [1.54, 1.807) is 30.3 Å². The summed E-state index contributed by atoms with van der Waals surface area (Å²) in [5.74, 6) is -1.74. The number of hydrogen-bond donors (Lipinski definition) is 0. The lowest BCUT2D eigenvalue weighted by Gasteiger charge is -2.20. The molecular formula is C13H10F2N2O. The summed E-state index contributed by atoms with van der Waals surface area (Å²) in [7, 11) is 0. The summed E-state index contributed by atoms with van der Waals surface area (Å²) in [5.41, 5.74) is 0.373. The van der Waals surface area contributed by atoms with Crippen molar-refractivity contribution in [2.24, 2.45) is 0 Å². The number of rotatable bonds is 3. The van der Waals surface area contributed by atoms with Gasteiger partial charge in [-0.2, -0.15) is 0 Å². The van der Waals surface area contributed by atoms with Gasteiger partial charge in [-0.15, -0.1) is 0 Å². The van der Waals surface area contributed by atoms with E-state index in [-0.39, 0.29) is 5.82 Å². The fraction of sp³-hybridized carbons (Fsp3) is 0.0769. The van der Waals surface area contributed by atoms with Crippen molar-refractivity contribution in [2.75, 3.05) is 11.6 Å². The predicted octanol–water partition coefficient (Wildman–Crippen LogP) is 2.85. The largest absolute Gasteiger partial charge is 0.271 e. The number of carbonyl (C=O) groups is 1. The molecule has 2 rings (SSSR count). The highest BCUT2D eigenvalue weighted by Crippen LogP contribution is 2.25. The molecule has 0 unspecified atom stereocenters. The van der Waals surface area contributed by atoms with E-state index in [0.29, 0.717) is 5.69 Å². The average molecular weight is 248 g/mol. The molecule has 92 valence electrons. The van der Waals surface area contributed by atoms with E-state index in [1.165, 1.54) is 18.3 Å². The summed E-state index contributed by atoms with van der Waals surface area (Å²) in [6.45, 7) is -1.22. The van der Waals surface area contributed by atoms with E-state index in [9.17, 15) is 13.6 Å². The van der Waals surface area contributed by atoms with Gasteiger partial charge in [-0.25, -0.2) is 13.8 Å². The molecule has 0 aliphatic rings. The Labute approximate surface area is 103 Å². The number of para-hydroxylation sites is 1. The summed E-state index contributed by atoms with van der Waals surface area (Å²) >= 11 is 0. The zero-order chi connectivity index (χ0) is 13.0. The van der Waals surface area contributed by atoms with E-state index in [0.717, 1.165) is 4.90 Å². The number of pyridine rings is 1. The fourth-order valence-corrected chi connectivity index (χ4v) is 1.56. The standard InChI is InChI=1S/C13H10F2N2O/c14-9-12(18)17(10-5-2-1-3-6-10)13-11(15)7-4-8-16-13/h1-8H,9H2. The van der Waals surface area contributed by atoms with Crippen LogP contribution in [0, 0.1) is 5.82 Å². The number of nitrogens with zero attached hydrogens (tertiary/aromatic N) is 2. The molecule has 0 N–H and O–H groups in total. The van der Waals surface area contributed by atoms with Crippen LogP contribution in [-0.2, 0) is 4.79 Å². The minimum atomic E-state index is -1.22. The molecule has 5 heteroatoms. The van der Waals surface area contributed by atoms with Crippen LogP contribution in [0.25, 0.3) is 0 Å². The number of anilines is 2. The van der Waals surface area contributed by atoms with E-state index in [2.05, 4.69) is 4.98 Å². The Morgan fingerprint density at radius 1 is 1.17 bits per heavy atom. The Hall–Kier alpha value is -2.30. The van der Waals surface area contributed by atoms with Gasteiger partial charge in [0.05, 0.1) is 5.69 Å². The van der Waals surface area contributed by atoms with Crippen molar-refractivity contribution in [1.82, 2.24) is 4.98 Å². The molecule has 0 bridgehead atoms. The van der Waals surface area contributed by atoms with Crippen LogP contribution >= 0.6 is 0 Å². The molecule has 2 aromatic rings. The van der Waals surface area contributed by atoms with Crippen LogP contribution in [0.15, 0.2) is 48.7 Å². The third-order valence-corrected chi connectivity index (χ3v) is 2.33. The molecule has 0 spiro atoms. The SMILES string of the molecule is O=C(CF)N(c1ccccc1)c1ncccc1F. The third-order valence-electron chi connectivity index (χ3n) is 2.33. The monoisotopic (exact) mass is 248 g/mol. The van der Waals surface area contributed by atoms with Crippen LogP contribution in [0.2, 0.25) is 0 Å². The Kier molecular flexibility index (Phi) is 3.62. The number of amides is 1. The predicted molar refractivity (Wildman–Crippen MR) is 63.8 cm³/mol. The average Bonchev–Trinajstić information content (AvgIpc) is 2.42. The number of halogens is 2. The lowest BCUT2D eigenvalue weighted by molar-refractivity contribution is -0.118. The fourth-order valence-electron chi connectivity index (χ4n) is 1.56. The topological polar surface area (TPSA) is 33.2 Å². The van der Waals surface area contributed by atoms with Crippen molar-refractivity contribution in [2.45, 2.75) is 0 Å². The molecule has 0 aliphatic carbocycles. The van der Waals surface area contributed by atoms with Crippen molar-refractivity contribution in [3.63, 3.8) is 0 Å². The van der Waals surface area contributed by atoms with E-state index >= 15 is 0 Å². The minimum Gasteiger partial charge on any atom is -0.271 e. The molecular weight excluding hydrogens is 238 g/mol. The summed E-state index contributed by atoms with van der Waals surface area (Å²) in [5, 5.41) is 0. The Morgan fingerprint density at radius 2 is 1.89 bits per heavy atom. The van der Waals surface area contributed by atoms with Gasteiger partial charge in [-0.05, 0) is 24.3 Å². The van der Waals surface area contributed by atoms with E-state index in [1.807, 2.05) is 0 Å². The van der Waals surface area contributed by atoms with Gasteiger partial charge in [0.2, 0.25) is 0 Å². The molecule has 18 heavy (non-hydrogen) atoms. The second-order valence-electron chi connectivity index (χ2n) is 3.51. The van der Waals surface area contributed by atoms with Crippen molar-refractivity contribution in [1.29, 1.82) is 0 Å². The first-order valence-corrected chi connectivity index (χ1v) is 5.28. The Morgan fingerprint density at radius 3 is 2.50 bits per heavy atom. The second-order valence-corrected chi connectivity index (χ2v) is 3.51. The van der Waals surface area contributed by atoms with Gasteiger partial charge >= 0.3 is 0 Å². The summed E-state index contributed by atoms with van der Waals surface area (Å²) < 4.78 is 26.2. The quantitative estimate of drug-likeness (QED) is 0.836. The maximum atomic E-state index is 13.6. The normalized spacial score (nSPS) is 10.1. The lowest BCUT2D eigenvalue weighted by atomic mass is 10.2. The maximum absolute atomic E-state index is 13.6. The van der Waals surface area contributed by atoms with Gasteiger partial charge in [0.25, 0.3) is 5.91 Å².